The van der Waals surface area contributed by atoms with Crippen molar-refractivity contribution in [2.75, 3.05) is 7.18 Å². The molecule has 0 amide bonds. The SMILES string of the molecule is C=C(F)CC1CCCCC1.CCCC1CCCCC1.CCCC1CCCCC1.CF.FC(F)=C(F)CC1CCCCC1. The summed E-state index contributed by atoms with van der Waals surface area (Å²) < 4.78 is 57.6. The Morgan fingerprint density at radius 3 is 1.02 bits per heavy atom. The molecule has 4 aliphatic rings. The molecule has 250 valence electrons. The summed E-state index contributed by atoms with van der Waals surface area (Å²) in [7, 11) is 0.500. The van der Waals surface area contributed by atoms with Crippen LogP contribution in [0.15, 0.2) is 24.3 Å². The van der Waals surface area contributed by atoms with Crippen LogP contribution in [-0.4, -0.2) is 7.18 Å². The van der Waals surface area contributed by atoms with Crippen LogP contribution in [0.3, 0.4) is 0 Å². The second-order valence-electron chi connectivity index (χ2n) is 13.2. The Balaban J connectivity index is 0.000000526. The van der Waals surface area contributed by atoms with Crippen LogP contribution in [-0.2, 0) is 0 Å². The molecule has 0 atom stereocenters. The van der Waals surface area contributed by atoms with Gasteiger partial charge in [0.25, 0.3) is 0 Å². The van der Waals surface area contributed by atoms with Crippen LogP contribution >= 0.6 is 0 Å². The summed E-state index contributed by atoms with van der Waals surface area (Å²) in [5, 5.41) is 0. The molecule has 0 bridgehead atoms. The molecule has 4 aliphatic carbocycles. The normalized spacial score (nSPS) is 20.2. The van der Waals surface area contributed by atoms with Crippen molar-refractivity contribution in [2.24, 2.45) is 23.7 Å². The van der Waals surface area contributed by atoms with E-state index in [9.17, 15) is 22.0 Å². The standard InChI is InChI=1S/C9H13F3.C9H15F.2C9H18.CH3F/c10-8(9(11)12)6-7-4-2-1-3-5-7;1-8(10)7-9-5-3-2-4-6-9;2*1-2-6-9-7-4-3-5-8-9;1-2/h7H,1-6H2;9H,1-7H2;2*9H,2-8H2,1H3;1H3. The molecule has 0 aliphatic heterocycles. The highest BCUT2D eigenvalue weighted by atomic mass is 19.3. The van der Waals surface area contributed by atoms with E-state index in [1.165, 1.54) is 128 Å². The number of allylic oxidation sites excluding steroid dienone is 2. The summed E-state index contributed by atoms with van der Waals surface area (Å²) in [6, 6.07) is 0. The summed E-state index contributed by atoms with van der Waals surface area (Å²) in [5.74, 6) is 1.62. The van der Waals surface area contributed by atoms with Gasteiger partial charge in [-0.2, -0.15) is 8.78 Å². The van der Waals surface area contributed by atoms with Gasteiger partial charge in [-0.05, 0) is 23.7 Å². The first-order chi connectivity index (χ1) is 20.3. The Labute approximate surface area is 257 Å². The predicted octanol–water partition coefficient (Wildman–Crippen LogP) is 14.8. The summed E-state index contributed by atoms with van der Waals surface area (Å²) >= 11 is 0. The molecular weight excluding hydrogens is 539 g/mol. The van der Waals surface area contributed by atoms with Gasteiger partial charge in [0, 0.05) is 12.8 Å². The van der Waals surface area contributed by atoms with Gasteiger partial charge in [-0.3, -0.25) is 4.39 Å². The van der Waals surface area contributed by atoms with Gasteiger partial charge < -0.3 is 0 Å². The average Bonchev–Trinajstić information content (AvgIpc) is 3.01. The van der Waals surface area contributed by atoms with Crippen LogP contribution in [0, 0.1) is 23.7 Å². The zero-order valence-corrected chi connectivity index (χ0v) is 27.8. The molecule has 0 saturated heterocycles. The number of hydrogen-bond acceptors (Lipinski definition) is 0. The molecular formula is C37H67F5. The Kier molecular flexibility index (Phi) is 28.3. The second kappa shape index (κ2) is 28.9. The maximum Gasteiger partial charge on any atom is 0.301 e. The molecule has 0 unspecified atom stereocenters. The quantitative estimate of drug-likeness (QED) is 0.241. The number of alkyl halides is 1. The first kappa shape index (κ1) is 41.1. The van der Waals surface area contributed by atoms with Crippen molar-refractivity contribution in [1.29, 1.82) is 0 Å². The van der Waals surface area contributed by atoms with Gasteiger partial charge in [0.15, 0.2) is 5.83 Å². The highest BCUT2D eigenvalue weighted by Crippen LogP contribution is 2.31. The summed E-state index contributed by atoms with van der Waals surface area (Å²) in [4.78, 5) is 0. The van der Waals surface area contributed by atoms with Crippen LogP contribution in [0.4, 0.5) is 22.0 Å². The third-order valence-electron chi connectivity index (χ3n) is 9.48. The van der Waals surface area contributed by atoms with E-state index >= 15 is 0 Å². The first-order valence-corrected chi connectivity index (χ1v) is 17.8. The summed E-state index contributed by atoms with van der Waals surface area (Å²) in [5.41, 5.74) is 0. The van der Waals surface area contributed by atoms with Crippen molar-refractivity contribution >= 4 is 0 Å². The smallest absolute Gasteiger partial charge is 0.255 e. The maximum atomic E-state index is 12.4. The lowest BCUT2D eigenvalue weighted by Gasteiger charge is -2.20. The minimum absolute atomic E-state index is 0.0532. The average molecular weight is 607 g/mol. The van der Waals surface area contributed by atoms with E-state index in [-0.39, 0.29) is 18.2 Å². The zero-order valence-electron chi connectivity index (χ0n) is 27.8. The van der Waals surface area contributed by atoms with E-state index in [2.05, 4.69) is 20.4 Å². The Bertz CT molecular complexity index is 593. The number of hydrogen-bond donors (Lipinski definition) is 0. The van der Waals surface area contributed by atoms with Crippen LogP contribution in [0.25, 0.3) is 0 Å². The van der Waals surface area contributed by atoms with Gasteiger partial charge in [0.2, 0.25) is 0 Å². The first-order valence-electron chi connectivity index (χ1n) is 17.8. The molecule has 4 saturated carbocycles. The van der Waals surface area contributed by atoms with E-state index in [1.807, 2.05) is 0 Å². The number of halogens is 5. The lowest BCUT2D eigenvalue weighted by molar-refractivity contribution is 0.308. The molecule has 0 aromatic rings. The topological polar surface area (TPSA) is 0 Å². The molecule has 0 N–H and O–H groups in total. The van der Waals surface area contributed by atoms with Gasteiger partial charge in [0.05, 0.1) is 13.0 Å². The van der Waals surface area contributed by atoms with E-state index in [1.54, 1.807) is 0 Å². The van der Waals surface area contributed by atoms with Gasteiger partial charge in [-0.15, -0.1) is 0 Å². The van der Waals surface area contributed by atoms with Crippen molar-refractivity contribution in [2.45, 2.75) is 181 Å². The fourth-order valence-electron chi connectivity index (χ4n) is 7.19. The van der Waals surface area contributed by atoms with Crippen molar-refractivity contribution < 1.29 is 22.0 Å². The molecule has 42 heavy (non-hydrogen) atoms. The van der Waals surface area contributed by atoms with Crippen LogP contribution < -0.4 is 0 Å². The van der Waals surface area contributed by atoms with Crippen LogP contribution in [0.2, 0.25) is 0 Å². The van der Waals surface area contributed by atoms with E-state index in [0.717, 1.165) is 37.5 Å². The highest BCUT2D eigenvalue weighted by molar-refractivity contribution is 4.93. The van der Waals surface area contributed by atoms with Crippen molar-refractivity contribution in [3.63, 3.8) is 0 Å². The second-order valence-corrected chi connectivity index (χ2v) is 13.2. The molecule has 0 aromatic carbocycles. The van der Waals surface area contributed by atoms with Crippen molar-refractivity contribution in [3.8, 4) is 0 Å². The molecule has 4 fully saturated rings. The van der Waals surface area contributed by atoms with Crippen molar-refractivity contribution in [3.05, 3.63) is 24.3 Å². The van der Waals surface area contributed by atoms with Crippen LogP contribution in [0.1, 0.15) is 181 Å². The lowest BCUT2D eigenvalue weighted by atomic mass is 9.86. The molecule has 0 nitrogen and oxygen atoms in total. The van der Waals surface area contributed by atoms with Gasteiger partial charge >= 0.3 is 6.08 Å². The minimum atomic E-state index is -2.14. The summed E-state index contributed by atoms with van der Waals surface area (Å²) in [6.07, 6.45) is 30.7. The fraction of sp³-hybridized carbons (Fsp3) is 0.892. The van der Waals surface area contributed by atoms with Crippen molar-refractivity contribution in [1.82, 2.24) is 0 Å². The summed E-state index contributed by atoms with van der Waals surface area (Å²) in [6.45, 7) is 7.88. The van der Waals surface area contributed by atoms with Gasteiger partial charge in [-0.25, -0.2) is 8.78 Å². The largest absolute Gasteiger partial charge is 0.301 e. The zero-order chi connectivity index (χ0) is 31.4. The molecule has 0 aromatic heterocycles. The minimum Gasteiger partial charge on any atom is -0.255 e. The van der Waals surface area contributed by atoms with Crippen LogP contribution in [0.5, 0.6) is 0 Å². The Morgan fingerprint density at radius 1 is 0.476 bits per heavy atom. The maximum absolute atomic E-state index is 12.4. The molecule has 0 radical (unpaired) electrons. The molecule has 4 rings (SSSR count). The molecule has 0 heterocycles. The Morgan fingerprint density at radius 2 is 0.762 bits per heavy atom. The van der Waals surface area contributed by atoms with E-state index in [0.29, 0.717) is 19.5 Å². The fourth-order valence-corrected chi connectivity index (χ4v) is 7.19. The Hall–Kier alpha value is -0.870. The molecule has 0 spiro atoms. The monoisotopic (exact) mass is 607 g/mol. The highest BCUT2D eigenvalue weighted by Gasteiger charge is 2.17. The third kappa shape index (κ3) is 23.6. The number of rotatable bonds is 8. The third-order valence-corrected chi connectivity index (χ3v) is 9.48. The molecule has 5 heteroatoms. The lowest BCUT2D eigenvalue weighted by Crippen LogP contribution is -2.06. The van der Waals surface area contributed by atoms with E-state index < -0.39 is 11.9 Å². The predicted molar refractivity (Wildman–Crippen MR) is 173 cm³/mol. The van der Waals surface area contributed by atoms with E-state index in [4.69, 9.17) is 0 Å². The van der Waals surface area contributed by atoms with Gasteiger partial charge in [-0.1, -0.05) is 175 Å². The van der Waals surface area contributed by atoms with Gasteiger partial charge in [0.1, 0.15) is 0 Å².